The summed E-state index contributed by atoms with van der Waals surface area (Å²) in [6.07, 6.45) is -4.55. The number of halogens is 4. The van der Waals surface area contributed by atoms with Crippen LogP contribution in [0.25, 0.3) is 0 Å². The van der Waals surface area contributed by atoms with E-state index < -0.39 is 30.0 Å². The molecule has 1 saturated heterocycles. The summed E-state index contributed by atoms with van der Waals surface area (Å²) in [5.74, 6) is -1.54. The quantitative estimate of drug-likeness (QED) is 0.544. The second kappa shape index (κ2) is 8.13. The van der Waals surface area contributed by atoms with Crippen LogP contribution in [0.5, 0.6) is 0 Å². The zero-order chi connectivity index (χ0) is 21.3. The highest BCUT2D eigenvalue weighted by molar-refractivity contribution is 6.30. The van der Waals surface area contributed by atoms with Crippen LogP contribution in [0.3, 0.4) is 0 Å². The summed E-state index contributed by atoms with van der Waals surface area (Å²) in [5.41, 5.74) is 3.80. The Hall–Kier alpha value is -2.83. The van der Waals surface area contributed by atoms with Crippen LogP contribution in [-0.2, 0) is 0 Å². The Balaban J connectivity index is 1.86. The van der Waals surface area contributed by atoms with Crippen LogP contribution in [0.15, 0.2) is 84.9 Å². The van der Waals surface area contributed by atoms with Gasteiger partial charge in [-0.15, -0.1) is 0 Å². The molecule has 1 N–H and O–H groups in total. The molecule has 0 saturated carbocycles. The minimum Gasteiger partial charge on any atom is -0.296 e. The first-order valence-corrected chi connectivity index (χ1v) is 9.76. The maximum Gasteiger partial charge on any atom is 0.406 e. The average molecular weight is 431 g/mol. The number of ketones is 1. The van der Waals surface area contributed by atoms with Gasteiger partial charge in [-0.2, -0.15) is 13.2 Å². The van der Waals surface area contributed by atoms with Gasteiger partial charge in [-0.05, 0) is 42.0 Å². The second-order valence-electron chi connectivity index (χ2n) is 7.11. The first kappa shape index (κ1) is 20.4. The van der Waals surface area contributed by atoms with Gasteiger partial charge in [-0.25, -0.2) is 5.43 Å². The lowest BCUT2D eigenvalue weighted by Gasteiger charge is -2.28. The summed E-state index contributed by atoms with van der Waals surface area (Å²) in [4.78, 5) is 13.5. The molecule has 3 atom stereocenters. The van der Waals surface area contributed by atoms with Crippen molar-refractivity contribution >= 4 is 23.1 Å². The number of benzene rings is 3. The number of alkyl halides is 3. The fourth-order valence-corrected chi connectivity index (χ4v) is 4.00. The standard InChI is InChI=1S/C23H18ClF3N2O/c24-17-13-11-16(12-14-17)21(30)20-19(15-7-3-1-4-8-15)22(23(25,26)27)28-29(20)18-9-5-2-6-10-18/h1-14,19-20,22,28H/t19-,20+,22-/m1/s1. The number of para-hydroxylation sites is 1. The van der Waals surface area contributed by atoms with Gasteiger partial charge >= 0.3 is 6.18 Å². The van der Waals surface area contributed by atoms with Crippen LogP contribution in [-0.4, -0.2) is 24.0 Å². The molecule has 154 valence electrons. The third kappa shape index (κ3) is 3.93. The van der Waals surface area contributed by atoms with E-state index in [0.717, 1.165) is 0 Å². The SMILES string of the molecule is O=C(c1ccc(Cl)cc1)[C@@H]1[C@@H](c2ccccc2)[C@H](C(F)(F)F)NN1c1ccccc1. The first-order chi connectivity index (χ1) is 14.4. The molecular formula is C23H18ClF3N2O. The van der Waals surface area contributed by atoms with Crippen molar-refractivity contribution in [2.45, 2.75) is 24.2 Å². The summed E-state index contributed by atoms with van der Waals surface area (Å²) >= 11 is 5.93. The Morgan fingerprint density at radius 2 is 1.43 bits per heavy atom. The molecule has 0 aromatic heterocycles. The molecule has 7 heteroatoms. The van der Waals surface area contributed by atoms with Gasteiger partial charge in [-0.3, -0.25) is 9.80 Å². The molecule has 1 heterocycles. The molecule has 4 rings (SSSR count). The number of carbonyl (C=O) groups is 1. The number of carbonyl (C=O) groups excluding carboxylic acids is 1. The normalized spacial score (nSPS) is 21.6. The highest BCUT2D eigenvalue weighted by Crippen LogP contribution is 2.42. The number of hydrogen-bond donors (Lipinski definition) is 1. The van der Waals surface area contributed by atoms with Gasteiger partial charge in [0, 0.05) is 16.5 Å². The van der Waals surface area contributed by atoms with Crippen molar-refractivity contribution in [3.05, 3.63) is 101 Å². The first-order valence-electron chi connectivity index (χ1n) is 9.38. The maximum atomic E-state index is 14.1. The summed E-state index contributed by atoms with van der Waals surface area (Å²) < 4.78 is 42.2. The van der Waals surface area contributed by atoms with Gasteiger partial charge in [0.2, 0.25) is 0 Å². The van der Waals surface area contributed by atoms with Crippen molar-refractivity contribution in [2.24, 2.45) is 0 Å². The minimum absolute atomic E-state index is 0.302. The van der Waals surface area contributed by atoms with E-state index in [9.17, 15) is 18.0 Å². The lowest BCUT2D eigenvalue weighted by molar-refractivity contribution is -0.155. The molecule has 3 nitrogen and oxygen atoms in total. The predicted molar refractivity (Wildman–Crippen MR) is 111 cm³/mol. The van der Waals surface area contributed by atoms with E-state index in [2.05, 4.69) is 5.43 Å². The van der Waals surface area contributed by atoms with Crippen molar-refractivity contribution in [1.82, 2.24) is 5.43 Å². The number of rotatable bonds is 4. The number of anilines is 1. The lowest BCUT2D eigenvalue weighted by atomic mass is 9.83. The van der Waals surface area contributed by atoms with Crippen LogP contribution < -0.4 is 10.4 Å². The van der Waals surface area contributed by atoms with E-state index in [-0.39, 0.29) is 0 Å². The fourth-order valence-electron chi connectivity index (χ4n) is 3.87. The zero-order valence-corrected chi connectivity index (χ0v) is 16.4. The van der Waals surface area contributed by atoms with E-state index >= 15 is 0 Å². The summed E-state index contributed by atoms with van der Waals surface area (Å²) in [5, 5.41) is 1.79. The third-order valence-electron chi connectivity index (χ3n) is 5.22. The number of nitrogens with zero attached hydrogens (tertiary/aromatic N) is 1. The molecule has 0 aliphatic carbocycles. The number of hydrazine groups is 1. The molecule has 30 heavy (non-hydrogen) atoms. The summed E-state index contributed by atoms with van der Waals surface area (Å²) in [7, 11) is 0. The predicted octanol–water partition coefficient (Wildman–Crippen LogP) is 5.63. The molecule has 0 bridgehead atoms. The average Bonchev–Trinajstić information content (AvgIpc) is 3.16. The molecule has 3 aromatic carbocycles. The highest BCUT2D eigenvalue weighted by Gasteiger charge is 2.57. The molecule has 0 spiro atoms. The topological polar surface area (TPSA) is 32.3 Å². The molecule has 1 aliphatic heterocycles. The van der Waals surface area contributed by atoms with Gasteiger partial charge in [0.25, 0.3) is 0 Å². The maximum absolute atomic E-state index is 14.1. The Morgan fingerprint density at radius 3 is 2.00 bits per heavy atom. The second-order valence-corrected chi connectivity index (χ2v) is 7.54. The monoisotopic (exact) mass is 430 g/mol. The fraction of sp³-hybridized carbons (Fsp3) is 0.174. The van der Waals surface area contributed by atoms with Crippen molar-refractivity contribution in [3.63, 3.8) is 0 Å². The molecule has 0 unspecified atom stereocenters. The summed E-state index contributed by atoms with van der Waals surface area (Å²) in [6.45, 7) is 0. The highest BCUT2D eigenvalue weighted by atomic mass is 35.5. The number of nitrogens with one attached hydrogen (secondary N) is 1. The van der Waals surface area contributed by atoms with E-state index in [1.54, 1.807) is 72.8 Å². The summed E-state index contributed by atoms with van der Waals surface area (Å²) in [6, 6.07) is 20.1. The molecular weight excluding hydrogens is 413 g/mol. The molecule has 1 aliphatic rings. The van der Waals surface area contributed by atoms with Crippen LogP contribution in [0.4, 0.5) is 18.9 Å². The molecule has 3 aromatic rings. The van der Waals surface area contributed by atoms with Gasteiger partial charge in [0.05, 0.1) is 5.69 Å². The Kier molecular flexibility index (Phi) is 5.54. The van der Waals surface area contributed by atoms with Crippen molar-refractivity contribution < 1.29 is 18.0 Å². The number of hydrogen-bond acceptors (Lipinski definition) is 3. The van der Waals surface area contributed by atoms with E-state index in [4.69, 9.17) is 11.6 Å². The Labute approximate surface area is 177 Å². The van der Waals surface area contributed by atoms with Crippen LogP contribution in [0.2, 0.25) is 5.02 Å². The van der Waals surface area contributed by atoms with Crippen LogP contribution in [0.1, 0.15) is 21.8 Å². The van der Waals surface area contributed by atoms with Crippen LogP contribution in [0, 0.1) is 0 Å². The molecule has 0 amide bonds. The van der Waals surface area contributed by atoms with Crippen molar-refractivity contribution in [2.75, 3.05) is 5.01 Å². The zero-order valence-electron chi connectivity index (χ0n) is 15.7. The largest absolute Gasteiger partial charge is 0.406 e. The smallest absolute Gasteiger partial charge is 0.296 e. The molecule has 1 fully saturated rings. The lowest BCUT2D eigenvalue weighted by Crippen LogP contribution is -2.46. The van der Waals surface area contributed by atoms with Crippen LogP contribution >= 0.6 is 11.6 Å². The van der Waals surface area contributed by atoms with Crippen molar-refractivity contribution in [3.8, 4) is 0 Å². The van der Waals surface area contributed by atoms with Gasteiger partial charge in [-0.1, -0.05) is 60.1 Å². The van der Waals surface area contributed by atoms with E-state index in [1.165, 1.54) is 17.1 Å². The Bertz CT molecular complexity index is 1010. The number of Topliss-reactive ketones (excluding diaryl/α,β-unsaturated/α-hetero) is 1. The Morgan fingerprint density at radius 1 is 0.867 bits per heavy atom. The minimum atomic E-state index is -4.55. The van der Waals surface area contributed by atoms with Gasteiger partial charge < -0.3 is 0 Å². The van der Waals surface area contributed by atoms with Gasteiger partial charge in [0.1, 0.15) is 12.1 Å². The van der Waals surface area contributed by atoms with Crippen molar-refractivity contribution in [1.29, 1.82) is 0 Å². The van der Waals surface area contributed by atoms with E-state index in [0.29, 0.717) is 21.8 Å². The molecule has 0 radical (unpaired) electrons. The third-order valence-corrected chi connectivity index (χ3v) is 5.48. The van der Waals surface area contributed by atoms with E-state index in [1.807, 2.05) is 0 Å². The van der Waals surface area contributed by atoms with Gasteiger partial charge in [0.15, 0.2) is 5.78 Å².